The maximum atomic E-state index is 5.46. The summed E-state index contributed by atoms with van der Waals surface area (Å²) in [5.74, 6) is 1.75. The van der Waals surface area contributed by atoms with Crippen LogP contribution in [-0.2, 0) is 19.4 Å². The van der Waals surface area contributed by atoms with E-state index in [4.69, 9.17) is 4.52 Å². The van der Waals surface area contributed by atoms with Crippen molar-refractivity contribution in [1.82, 2.24) is 15.0 Å². The van der Waals surface area contributed by atoms with Crippen molar-refractivity contribution in [3.05, 3.63) is 53.4 Å². The minimum Gasteiger partial charge on any atom is -0.361 e. The Kier molecular flexibility index (Phi) is 8.86. The average molecular weight is 358 g/mol. The van der Waals surface area contributed by atoms with Gasteiger partial charge in [0.1, 0.15) is 5.76 Å². The Morgan fingerprint density at radius 3 is 2.46 bits per heavy atom. The van der Waals surface area contributed by atoms with E-state index in [0.29, 0.717) is 0 Å². The van der Waals surface area contributed by atoms with Crippen molar-refractivity contribution in [2.45, 2.75) is 45.6 Å². The normalized spacial score (nSPS) is 12.8. The molecule has 0 saturated carbocycles. The highest BCUT2D eigenvalue weighted by atomic mass is 16.5. The number of benzene rings is 1. The summed E-state index contributed by atoms with van der Waals surface area (Å²) in [6, 6.07) is 12.8. The third-order valence-electron chi connectivity index (χ3n) is 5.01. The first kappa shape index (κ1) is 20.7. The van der Waals surface area contributed by atoms with E-state index in [9.17, 15) is 0 Å². The van der Waals surface area contributed by atoms with Gasteiger partial charge in [0.2, 0.25) is 0 Å². The number of aromatic nitrogens is 1. The molecular weight excluding hydrogens is 322 g/mol. The van der Waals surface area contributed by atoms with Gasteiger partial charge in [0.25, 0.3) is 0 Å². The van der Waals surface area contributed by atoms with Crippen molar-refractivity contribution in [2.75, 3.05) is 34.2 Å². The third-order valence-corrected chi connectivity index (χ3v) is 5.01. The quantitative estimate of drug-likeness (QED) is 0.568. The third kappa shape index (κ3) is 7.71. The van der Waals surface area contributed by atoms with Gasteiger partial charge < -0.3 is 14.3 Å². The van der Waals surface area contributed by atoms with Gasteiger partial charge in [-0.2, -0.15) is 0 Å². The molecule has 0 aliphatic rings. The maximum absolute atomic E-state index is 5.46. The van der Waals surface area contributed by atoms with E-state index in [1.54, 1.807) is 0 Å². The van der Waals surface area contributed by atoms with E-state index in [2.05, 4.69) is 79.4 Å². The number of aryl methyl sites for hydroxylation is 1. The molecule has 2 rings (SSSR count). The van der Waals surface area contributed by atoms with Gasteiger partial charge in [-0.05, 0) is 58.4 Å². The molecule has 1 heterocycles. The van der Waals surface area contributed by atoms with Crippen LogP contribution in [0, 0.1) is 5.92 Å². The molecule has 4 heteroatoms. The highest BCUT2D eigenvalue weighted by Gasteiger charge is 2.11. The molecule has 4 nitrogen and oxygen atoms in total. The molecule has 26 heavy (non-hydrogen) atoms. The monoisotopic (exact) mass is 357 g/mol. The van der Waals surface area contributed by atoms with Gasteiger partial charge in [-0.15, -0.1) is 0 Å². The minimum atomic E-state index is 0.746. The summed E-state index contributed by atoms with van der Waals surface area (Å²) in [6.07, 6.45) is 5.61. The summed E-state index contributed by atoms with van der Waals surface area (Å²) in [7, 11) is 6.38. The van der Waals surface area contributed by atoms with Gasteiger partial charge in [0.15, 0.2) is 0 Å². The van der Waals surface area contributed by atoms with Gasteiger partial charge in [-0.1, -0.05) is 48.8 Å². The first-order valence-corrected chi connectivity index (χ1v) is 9.88. The highest BCUT2D eigenvalue weighted by Crippen LogP contribution is 2.18. The summed E-state index contributed by atoms with van der Waals surface area (Å²) in [6.45, 7) is 5.46. The highest BCUT2D eigenvalue weighted by molar-refractivity contribution is 5.14. The van der Waals surface area contributed by atoms with E-state index < -0.39 is 0 Å². The largest absolute Gasteiger partial charge is 0.361 e. The van der Waals surface area contributed by atoms with Crippen molar-refractivity contribution in [3.63, 3.8) is 0 Å². The molecule has 0 spiro atoms. The molecule has 1 unspecified atom stereocenters. The summed E-state index contributed by atoms with van der Waals surface area (Å²) in [4.78, 5) is 4.59. The van der Waals surface area contributed by atoms with Crippen LogP contribution in [0.15, 0.2) is 40.9 Å². The van der Waals surface area contributed by atoms with Crippen LogP contribution in [0.2, 0.25) is 0 Å². The Labute approximate surface area is 159 Å². The van der Waals surface area contributed by atoms with Crippen LogP contribution < -0.4 is 0 Å². The van der Waals surface area contributed by atoms with Crippen LogP contribution in [0.3, 0.4) is 0 Å². The molecule has 1 atom stereocenters. The zero-order valence-electron chi connectivity index (χ0n) is 16.9. The zero-order chi connectivity index (χ0) is 18.8. The van der Waals surface area contributed by atoms with Crippen LogP contribution >= 0.6 is 0 Å². The molecule has 0 saturated heterocycles. The Hall–Kier alpha value is -1.65. The Morgan fingerprint density at radius 2 is 1.77 bits per heavy atom. The van der Waals surface area contributed by atoms with Crippen LogP contribution in [0.5, 0.6) is 0 Å². The molecule has 0 radical (unpaired) electrons. The summed E-state index contributed by atoms with van der Waals surface area (Å²) in [5, 5.41) is 4.25. The molecule has 0 N–H and O–H groups in total. The number of nitrogens with zero attached hydrogens (tertiary/aromatic N) is 3. The lowest BCUT2D eigenvalue weighted by molar-refractivity contribution is 0.283. The van der Waals surface area contributed by atoms with Crippen molar-refractivity contribution in [2.24, 2.45) is 5.92 Å². The van der Waals surface area contributed by atoms with Gasteiger partial charge in [0.05, 0.1) is 5.69 Å². The lowest BCUT2D eigenvalue weighted by Gasteiger charge is -2.20. The zero-order valence-corrected chi connectivity index (χ0v) is 16.9. The molecule has 0 bridgehead atoms. The Balaban J connectivity index is 1.70. The predicted octanol–water partition coefficient (Wildman–Crippen LogP) is 4.26. The van der Waals surface area contributed by atoms with E-state index >= 15 is 0 Å². The first-order valence-electron chi connectivity index (χ1n) is 9.88. The molecule has 0 amide bonds. The Morgan fingerprint density at radius 1 is 1.00 bits per heavy atom. The fourth-order valence-electron chi connectivity index (χ4n) is 3.21. The smallest absolute Gasteiger partial charge is 0.138 e. The van der Waals surface area contributed by atoms with Gasteiger partial charge >= 0.3 is 0 Å². The fraction of sp³-hybridized carbons (Fsp3) is 0.591. The number of hydrogen-bond acceptors (Lipinski definition) is 4. The standard InChI is InChI=1S/C22H35N3O/c1-5-19(13-16-25(4)18-20-9-7-6-8-10-20)11-12-21-17-22(26-23-21)14-15-24(2)3/h6-10,17,19H,5,11-16,18H2,1-4H3. The molecule has 0 fully saturated rings. The topological polar surface area (TPSA) is 32.5 Å². The number of hydrogen-bond donors (Lipinski definition) is 0. The lowest BCUT2D eigenvalue weighted by atomic mass is 9.95. The molecule has 2 aromatic rings. The van der Waals surface area contributed by atoms with E-state index in [1.165, 1.54) is 24.8 Å². The van der Waals surface area contributed by atoms with E-state index in [-0.39, 0.29) is 0 Å². The van der Waals surface area contributed by atoms with Crippen molar-refractivity contribution in [3.8, 4) is 0 Å². The molecule has 144 valence electrons. The van der Waals surface area contributed by atoms with Crippen molar-refractivity contribution < 1.29 is 4.52 Å². The van der Waals surface area contributed by atoms with Crippen LogP contribution in [0.4, 0.5) is 0 Å². The lowest BCUT2D eigenvalue weighted by Crippen LogP contribution is -2.21. The van der Waals surface area contributed by atoms with Crippen LogP contribution in [-0.4, -0.2) is 49.2 Å². The molecule has 0 aliphatic carbocycles. The minimum absolute atomic E-state index is 0.746. The molecule has 1 aromatic carbocycles. The maximum Gasteiger partial charge on any atom is 0.138 e. The molecular formula is C22H35N3O. The summed E-state index contributed by atoms with van der Waals surface area (Å²) < 4.78 is 5.46. The molecule has 1 aromatic heterocycles. The Bertz CT molecular complexity index is 609. The second-order valence-corrected chi connectivity index (χ2v) is 7.66. The summed E-state index contributed by atoms with van der Waals surface area (Å²) in [5.41, 5.74) is 2.49. The second kappa shape index (κ2) is 11.1. The summed E-state index contributed by atoms with van der Waals surface area (Å²) >= 11 is 0. The number of rotatable bonds is 12. The van der Waals surface area contributed by atoms with Gasteiger partial charge in [0, 0.05) is 25.6 Å². The molecule has 0 aliphatic heterocycles. The van der Waals surface area contributed by atoms with E-state index in [0.717, 1.165) is 49.8 Å². The fourth-order valence-corrected chi connectivity index (χ4v) is 3.21. The van der Waals surface area contributed by atoms with Crippen molar-refractivity contribution >= 4 is 0 Å². The van der Waals surface area contributed by atoms with E-state index in [1.807, 2.05) is 0 Å². The van der Waals surface area contributed by atoms with Gasteiger partial charge in [-0.25, -0.2) is 0 Å². The predicted molar refractivity (Wildman–Crippen MR) is 108 cm³/mol. The first-order chi connectivity index (χ1) is 12.6. The van der Waals surface area contributed by atoms with Crippen LogP contribution in [0.25, 0.3) is 0 Å². The average Bonchev–Trinajstić information content (AvgIpc) is 3.09. The number of likely N-dealkylation sites (N-methyl/N-ethyl adjacent to an activating group) is 1. The van der Waals surface area contributed by atoms with Gasteiger partial charge in [-0.3, -0.25) is 0 Å². The SMILES string of the molecule is CCC(CCc1cc(CCN(C)C)on1)CCN(C)Cc1ccccc1. The van der Waals surface area contributed by atoms with Crippen LogP contribution in [0.1, 0.15) is 43.2 Å². The van der Waals surface area contributed by atoms with Crippen molar-refractivity contribution in [1.29, 1.82) is 0 Å². The second-order valence-electron chi connectivity index (χ2n) is 7.66.